The van der Waals surface area contributed by atoms with Crippen LogP contribution in [-0.4, -0.2) is 30.1 Å². The van der Waals surface area contributed by atoms with Gasteiger partial charge in [-0.25, -0.2) is 0 Å². The molecule has 4 rings (SSSR count). The van der Waals surface area contributed by atoms with Gasteiger partial charge in [0.15, 0.2) is 5.78 Å². The van der Waals surface area contributed by atoms with E-state index in [4.69, 9.17) is 4.74 Å². The molecule has 0 bridgehead atoms. The minimum absolute atomic E-state index is 0. The van der Waals surface area contributed by atoms with E-state index in [2.05, 4.69) is 13.8 Å². The van der Waals surface area contributed by atoms with Crippen LogP contribution >= 0.6 is 0 Å². The first-order valence-corrected chi connectivity index (χ1v) is 12.0. The zero-order valence-electron chi connectivity index (χ0n) is 19.8. The van der Waals surface area contributed by atoms with Gasteiger partial charge in [0.25, 0.3) is 0 Å². The molecule has 0 radical (unpaired) electrons. The molecular weight excluding hydrogens is 419 g/mol. The number of esters is 1. The molecule has 32 heavy (non-hydrogen) atoms. The number of carbonyl (C=O) groups excluding carboxylic acids is 4. The standard InChI is InChI=1S/C25H36O6.Na/c1-24-11-9-16(26)13-15(24)3-4-17-18-5-6-20(25(18,2)12-10-19(17)24)21(27)14-31-23(30)8-7-22(28)29;/h15,17-20H,3-14H2,1-2H3,(H,28,29);/q;+1/p-1/t15-,17?,18?,19?,20-,24+,25+;/m1./s1. The molecule has 0 N–H and O–H groups in total. The van der Waals surface area contributed by atoms with Gasteiger partial charge >= 0.3 is 35.5 Å². The van der Waals surface area contributed by atoms with E-state index >= 15 is 0 Å². The van der Waals surface area contributed by atoms with Crippen LogP contribution in [0.3, 0.4) is 0 Å². The van der Waals surface area contributed by atoms with Crippen molar-refractivity contribution >= 4 is 23.5 Å². The molecule has 3 unspecified atom stereocenters. The molecule has 7 heteroatoms. The number of ether oxygens (including phenoxy) is 1. The average molecular weight is 455 g/mol. The number of hydrogen-bond donors (Lipinski definition) is 0. The third kappa shape index (κ3) is 4.61. The minimum Gasteiger partial charge on any atom is -0.550 e. The molecular formula is C25H35NaO6. The van der Waals surface area contributed by atoms with Crippen LogP contribution in [0.1, 0.15) is 84.5 Å². The van der Waals surface area contributed by atoms with Crippen molar-refractivity contribution in [1.82, 2.24) is 0 Å². The van der Waals surface area contributed by atoms with Crippen molar-refractivity contribution in [2.45, 2.75) is 84.5 Å². The molecule has 6 nitrogen and oxygen atoms in total. The zero-order chi connectivity index (χ0) is 22.4. The van der Waals surface area contributed by atoms with E-state index in [-0.39, 0.29) is 71.5 Å². The Kier molecular flexibility index (Phi) is 7.99. The van der Waals surface area contributed by atoms with Gasteiger partial charge in [-0.2, -0.15) is 0 Å². The second-order valence-electron chi connectivity index (χ2n) is 11.1. The Morgan fingerprint density at radius 2 is 1.69 bits per heavy atom. The number of carboxylic acids is 1. The first-order valence-electron chi connectivity index (χ1n) is 12.0. The summed E-state index contributed by atoms with van der Waals surface area (Å²) in [4.78, 5) is 47.3. The fraction of sp³-hybridized carbons (Fsp3) is 0.840. The van der Waals surface area contributed by atoms with E-state index in [0.717, 1.165) is 57.8 Å². The monoisotopic (exact) mass is 454 g/mol. The maximum atomic E-state index is 13.0. The number of carbonyl (C=O) groups is 4. The molecule has 0 aliphatic heterocycles. The van der Waals surface area contributed by atoms with Crippen molar-refractivity contribution in [1.29, 1.82) is 0 Å². The molecule has 0 aromatic rings. The van der Waals surface area contributed by atoms with Gasteiger partial charge in [0, 0.05) is 24.7 Å². The van der Waals surface area contributed by atoms with E-state index in [1.165, 1.54) is 0 Å². The van der Waals surface area contributed by atoms with Crippen LogP contribution in [0.4, 0.5) is 0 Å². The van der Waals surface area contributed by atoms with Gasteiger partial charge in [-0.1, -0.05) is 13.8 Å². The second-order valence-corrected chi connectivity index (χ2v) is 11.1. The Labute approximate surface area is 212 Å². The van der Waals surface area contributed by atoms with E-state index in [1.807, 2.05) is 0 Å². The molecule has 0 saturated heterocycles. The van der Waals surface area contributed by atoms with Gasteiger partial charge < -0.3 is 14.6 Å². The molecule has 7 atom stereocenters. The maximum absolute atomic E-state index is 13.0. The summed E-state index contributed by atoms with van der Waals surface area (Å²) in [5.41, 5.74) is 0.206. The van der Waals surface area contributed by atoms with E-state index in [1.54, 1.807) is 0 Å². The predicted molar refractivity (Wildman–Crippen MR) is 110 cm³/mol. The smallest absolute Gasteiger partial charge is 0.550 e. The predicted octanol–water partition coefficient (Wildman–Crippen LogP) is -0.139. The first-order chi connectivity index (χ1) is 14.6. The van der Waals surface area contributed by atoms with Crippen LogP contribution in [0.25, 0.3) is 0 Å². The Balaban J connectivity index is 0.00000289. The number of ketones is 2. The fourth-order valence-electron chi connectivity index (χ4n) is 8.10. The summed E-state index contributed by atoms with van der Waals surface area (Å²) in [6, 6.07) is 0. The topological polar surface area (TPSA) is 101 Å². The summed E-state index contributed by atoms with van der Waals surface area (Å²) in [6.07, 6.45) is 8.18. The number of aliphatic carboxylic acids is 1. The molecule has 4 fully saturated rings. The number of carboxylic acid groups (broad SMARTS) is 1. The van der Waals surface area contributed by atoms with E-state index in [0.29, 0.717) is 29.5 Å². The van der Waals surface area contributed by atoms with Crippen molar-refractivity contribution in [3.8, 4) is 0 Å². The Hall–Kier alpha value is -0.720. The van der Waals surface area contributed by atoms with E-state index in [9.17, 15) is 24.3 Å². The maximum Gasteiger partial charge on any atom is 1.00 e. The van der Waals surface area contributed by atoms with Crippen molar-refractivity contribution in [2.75, 3.05) is 6.61 Å². The number of hydrogen-bond acceptors (Lipinski definition) is 6. The molecule has 0 aromatic carbocycles. The number of fused-ring (bicyclic) bond motifs is 5. The van der Waals surface area contributed by atoms with Gasteiger partial charge in [-0.05, 0) is 85.9 Å². The van der Waals surface area contributed by atoms with Crippen LogP contribution < -0.4 is 34.7 Å². The first kappa shape index (κ1) is 25.9. The molecule has 0 amide bonds. The molecule has 0 spiro atoms. The Bertz CT molecular complexity index is 780. The van der Waals surface area contributed by atoms with Gasteiger partial charge in [0.1, 0.15) is 12.4 Å². The summed E-state index contributed by atoms with van der Waals surface area (Å²) in [7, 11) is 0. The van der Waals surface area contributed by atoms with Crippen molar-refractivity contribution in [3.63, 3.8) is 0 Å². The molecule has 4 aliphatic carbocycles. The van der Waals surface area contributed by atoms with Crippen molar-refractivity contribution in [3.05, 3.63) is 0 Å². The Morgan fingerprint density at radius 1 is 0.969 bits per heavy atom. The third-order valence-electron chi connectivity index (χ3n) is 9.78. The summed E-state index contributed by atoms with van der Waals surface area (Å²) in [5.74, 6) is 0.686. The minimum atomic E-state index is -1.29. The molecule has 172 valence electrons. The van der Waals surface area contributed by atoms with Crippen molar-refractivity contribution in [2.24, 2.45) is 40.4 Å². The zero-order valence-corrected chi connectivity index (χ0v) is 21.8. The quantitative estimate of drug-likeness (QED) is 0.409. The van der Waals surface area contributed by atoms with Gasteiger partial charge in [-0.15, -0.1) is 0 Å². The fourth-order valence-corrected chi connectivity index (χ4v) is 8.10. The largest absolute Gasteiger partial charge is 1.00 e. The number of rotatable bonds is 6. The van der Waals surface area contributed by atoms with Crippen LogP contribution in [0.2, 0.25) is 0 Å². The molecule has 4 aliphatic rings. The molecule has 0 aromatic heterocycles. The van der Waals surface area contributed by atoms with Crippen LogP contribution in [-0.2, 0) is 23.9 Å². The third-order valence-corrected chi connectivity index (χ3v) is 9.78. The Morgan fingerprint density at radius 3 is 2.41 bits per heavy atom. The summed E-state index contributed by atoms with van der Waals surface area (Å²) in [6.45, 7) is 4.43. The summed E-state index contributed by atoms with van der Waals surface area (Å²) >= 11 is 0. The van der Waals surface area contributed by atoms with Gasteiger partial charge in [-0.3, -0.25) is 14.4 Å². The summed E-state index contributed by atoms with van der Waals surface area (Å²) < 4.78 is 5.08. The van der Waals surface area contributed by atoms with E-state index < -0.39 is 11.9 Å². The number of Topliss-reactive ketones (excluding diaryl/α,β-unsaturated/α-hetero) is 2. The average Bonchev–Trinajstić information content (AvgIpc) is 3.08. The molecule has 0 heterocycles. The van der Waals surface area contributed by atoms with Crippen LogP contribution in [0, 0.1) is 40.4 Å². The van der Waals surface area contributed by atoms with Crippen LogP contribution in [0.15, 0.2) is 0 Å². The molecule has 4 saturated carbocycles. The SMILES string of the molecule is C[C@]12CCC3C(CC[C@@H]4CC(=O)CC[C@]34C)C1CC[C@@H]2C(=O)COC(=O)CCC(=O)[O-].[Na+]. The van der Waals surface area contributed by atoms with Crippen LogP contribution in [0.5, 0.6) is 0 Å². The van der Waals surface area contributed by atoms with Gasteiger partial charge in [0.2, 0.25) is 0 Å². The van der Waals surface area contributed by atoms with Crippen molar-refractivity contribution < 1.29 is 58.6 Å². The summed E-state index contributed by atoms with van der Waals surface area (Å²) in [5, 5.41) is 10.5. The normalized spacial score (nSPS) is 40.3. The van der Waals surface area contributed by atoms with Gasteiger partial charge in [0.05, 0.1) is 6.42 Å². The second kappa shape index (κ2) is 9.87.